The third-order valence-electron chi connectivity index (χ3n) is 6.92. The summed E-state index contributed by atoms with van der Waals surface area (Å²) in [5.74, 6) is 2.75. The van der Waals surface area contributed by atoms with Gasteiger partial charge in [0.2, 0.25) is 0 Å². The van der Waals surface area contributed by atoms with E-state index in [9.17, 15) is 4.79 Å². The standard InChI is InChI=1S/C23H34O2/c1-2-3-4-17-5-7-18(8-6-17)19-9-11-20(12-10-19)21-13-15-22(16-14-21)23(24)25/h13-20H,2-12H2,1H3,(H,24,25). The van der Waals surface area contributed by atoms with Crippen molar-refractivity contribution in [3.8, 4) is 0 Å². The molecule has 0 bridgehead atoms. The first-order chi connectivity index (χ1) is 12.2. The number of carbonyl (C=O) groups is 1. The van der Waals surface area contributed by atoms with E-state index < -0.39 is 5.97 Å². The quantitative estimate of drug-likeness (QED) is 0.628. The van der Waals surface area contributed by atoms with E-state index in [-0.39, 0.29) is 0 Å². The molecule has 0 amide bonds. The summed E-state index contributed by atoms with van der Waals surface area (Å²) in [5, 5.41) is 9.03. The highest BCUT2D eigenvalue weighted by molar-refractivity contribution is 5.87. The highest BCUT2D eigenvalue weighted by Gasteiger charge is 2.31. The number of hydrogen-bond donors (Lipinski definition) is 1. The third-order valence-corrected chi connectivity index (χ3v) is 6.92. The largest absolute Gasteiger partial charge is 0.478 e. The summed E-state index contributed by atoms with van der Waals surface area (Å²) in [6, 6.07) is 7.60. The second kappa shape index (κ2) is 8.87. The fourth-order valence-electron chi connectivity index (χ4n) is 5.26. The first kappa shape index (κ1) is 18.5. The Morgan fingerprint density at radius 1 is 0.920 bits per heavy atom. The summed E-state index contributed by atoms with van der Waals surface area (Å²) >= 11 is 0. The van der Waals surface area contributed by atoms with E-state index in [2.05, 4.69) is 6.92 Å². The van der Waals surface area contributed by atoms with Gasteiger partial charge >= 0.3 is 5.97 Å². The summed E-state index contributed by atoms with van der Waals surface area (Å²) in [6.45, 7) is 2.30. The first-order valence-corrected chi connectivity index (χ1v) is 10.5. The van der Waals surface area contributed by atoms with Gasteiger partial charge in [-0.3, -0.25) is 0 Å². The van der Waals surface area contributed by atoms with Gasteiger partial charge in [0, 0.05) is 0 Å². The topological polar surface area (TPSA) is 37.3 Å². The fraction of sp³-hybridized carbons (Fsp3) is 0.696. The van der Waals surface area contributed by atoms with Gasteiger partial charge in [-0.05, 0) is 79.9 Å². The van der Waals surface area contributed by atoms with Crippen LogP contribution < -0.4 is 0 Å². The maximum atomic E-state index is 11.0. The van der Waals surface area contributed by atoms with Crippen LogP contribution in [0, 0.1) is 17.8 Å². The predicted molar refractivity (Wildman–Crippen MR) is 103 cm³/mol. The van der Waals surface area contributed by atoms with Crippen molar-refractivity contribution in [1.29, 1.82) is 0 Å². The van der Waals surface area contributed by atoms with E-state index in [4.69, 9.17) is 5.11 Å². The van der Waals surface area contributed by atoms with Gasteiger partial charge in [-0.2, -0.15) is 0 Å². The molecule has 0 spiro atoms. The van der Waals surface area contributed by atoms with Crippen LogP contribution in [0.1, 0.15) is 99.4 Å². The molecule has 2 saturated carbocycles. The van der Waals surface area contributed by atoms with Crippen LogP contribution in [0.3, 0.4) is 0 Å². The molecule has 2 fully saturated rings. The van der Waals surface area contributed by atoms with Crippen LogP contribution in [0.4, 0.5) is 0 Å². The minimum absolute atomic E-state index is 0.400. The molecule has 2 aliphatic rings. The van der Waals surface area contributed by atoms with Crippen molar-refractivity contribution in [1.82, 2.24) is 0 Å². The molecule has 2 nitrogen and oxygen atoms in total. The SMILES string of the molecule is CCCCC1CCC(C2CCC(c3ccc(C(=O)O)cc3)CC2)CC1. The normalized spacial score (nSPS) is 30.1. The molecule has 0 aliphatic heterocycles. The molecule has 2 aliphatic carbocycles. The van der Waals surface area contributed by atoms with E-state index in [1.807, 2.05) is 12.1 Å². The smallest absolute Gasteiger partial charge is 0.335 e. The lowest BCUT2D eigenvalue weighted by Crippen LogP contribution is -2.25. The Kier molecular flexibility index (Phi) is 6.56. The molecule has 3 rings (SSSR count). The van der Waals surface area contributed by atoms with Gasteiger partial charge in [-0.1, -0.05) is 51.2 Å². The molecule has 0 heterocycles. The van der Waals surface area contributed by atoms with Crippen LogP contribution in [0.25, 0.3) is 0 Å². The monoisotopic (exact) mass is 342 g/mol. The summed E-state index contributed by atoms with van der Waals surface area (Å²) < 4.78 is 0. The van der Waals surface area contributed by atoms with E-state index in [1.54, 1.807) is 12.1 Å². The van der Waals surface area contributed by atoms with Gasteiger partial charge < -0.3 is 5.11 Å². The van der Waals surface area contributed by atoms with Crippen molar-refractivity contribution >= 4 is 5.97 Å². The number of carboxylic acid groups (broad SMARTS) is 1. The zero-order chi connectivity index (χ0) is 17.6. The lowest BCUT2D eigenvalue weighted by atomic mass is 9.68. The Bertz CT molecular complexity index is 532. The lowest BCUT2D eigenvalue weighted by molar-refractivity contribution is 0.0697. The van der Waals surface area contributed by atoms with Crippen LogP contribution in [-0.2, 0) is 0 Å². The molecule has 138 valence electrons. The zero-order valence-corrected chi connectivity index (χ0v) is 15.8. The molecule has 1 aromatic rings. The van der Waals surface area contributed by atoms with Crippen LogP contribution in [-0.4, -0.2) is 11.1 Å². The molecule has 0 unspecified atom stereocenters. The van der Waals surface area contributed by atoms with E-state index >= 15 is 0 Å². The average molecular weight is 343 g/mol. The van der Waals surface area contributed by atoms with Crippen LogP contribution in [0.5, 0.6) is 0 Å². The van der Waals surface area contributed by atoms with Gasteiger partial charge in [0.15, 0.2) is 0 Å². The molecule has 1 N–H and O–H groups in total. The Morgan fingerprint density at radius 3 is 2.00 bits per heavy atom. The maximum absolute atomic E-state index is 11.0. The van der Waals surface area contributed by atoms with Crippen LogP contribution in [0.15, 0.2) is 24.3 Å². The Labute approximate surface area is 153 Å². The van der Waals surface area contributed by atoms with Gasteiger partial charge in [0.25, 0.3) is 0 Å². The van der Waals surface area contributed by atoms with Crippen molar-refractivity contribution in [3.63, 3.8) is 0 Å². The molecule has 2 heteroatoms. The summed E-state index contributed by atoms with van der Waals surface area (Å²) in [5.41, 5.74) is 1.74. The van der Waals surface area contributed by atoms with E-state index in [0.29, 0.717) is 11.5 Å². The van der Waals surface area contributed by atoms with Gasteiger partial charge in [-0.25, -0.2) is 4.79 Å². The number of rotatable bonds is 6. The molecule has 0 radical (unpaired) electrons. The number of hydrogen-bond acceptors (Lipinski definition) is 1. The minimum Gasteiger partial charge on any atom is -0.478 e. The van der Waals surface area contributed by atoms with Crippen LogP contribution >= 0.6 is 0 Å². The number of benzene rings is 1. The summed E-state index contributed by atoms with van der Waals surface area (Å²) in [7, 11) is 0. The molecule has 0 saturated heterocycles. The number of aromatic carboxylic acids is 1. The third kappa shape index (κ3) is 4.86. The summed E-state index contributed by atoms with van der Waals surface area (Å²) in [6.07, 6.45) is 15.4. The molecular weight excluding hydrogens is 308 g/mol. The number of carboxylic acids is 1. The second-order valence-corrected chi connectivity index (χ2v) is 8.46. The highest BCUT2D eigenvalue weighted by Crippen LogP contribution is 2.44. The first-order valence-electron chi connectivity index (χ1n) is 10.5. The number of unbranched alkanes of at least 4 members (excludes halogenated alkanes) is 1. The highest BCUT2D eigenvalue weighted by atomic mass is 16.4. The molecule has 0 aromatic heterocycles. The molecule has 1 aromatic carbocycles. The van der Waals surface area contributed by atoms with Crippen molar-refractivity contribution in [2.24, 2.45) is 17.8 Å². The minimum atomic E-state index is -0.829. The van der Waals surface area contributed by atoms with Crippen LogP contribution in [0.2, 0.25) is 0 Å². The van der Waals surface area contributed by atoms with Gasteiger partial charge in [0.1, 0.15) is 0 Å². The lowest BCUT2D eigenvalue weighted by Gasteiger charge is -2.38. The second-order valence-electron chi connectivity index (χ2n) is 8.46. The fourth-order valence-corrected chi connectivity index (χ4v) is 5.26. The Hall–Kier alpha value is -1.31. The maximum Gasteiger partial charge on any atom is 0.335 e. The molecule has 0 atom stereocenters. The summed E-state index contributed by atoms with van der Waals surface area (Å²) in [4.78, 5) is 11.0. The van der Waals surface area contributed by atoms with Crippen molar-refractivity contribution in [3.05, 3.63) is 35.4 Å². The molecule has 25 heavy (non-hydrogen) atoms. The molecular formula is C23H34O2. The Balaban J connectivity index is 1.45. The van der Waals surface area contributed by atoms with Crippen molar-refractivity contribution in [2.45, 2.75) is 83.5 Å². The van der Waals surface area contributed by atoms with E-state index in [1.165, 1.54) is 76.2 Å². The van der Waals surface area contributed by atoms with E-state index in [0.717, 1.165) is 17.8 Å². The zero-order valence-electron chi connectivity index (χ0n) is 15.8. The average Bonchev–Trinajstić information content (AvgIpc) is 2.67. The predicted octanol–water partition coefficient (Wildman–Crippen LogP) is 6.66. The van der Waals surface area contributed by atoms with Crippen molar-refractivity contribution in [2.75, 3.05) is 0 Å². The van der Waals surface area contributed by atoms with Gasteiger partial charge in [-0.15, -0.1) is 0 Å². The Morgan fingerprint density at radius 2 is 1.48 bits per heavy atom. The van der Waals surface area contributed by atoms with Gasteiger partial charge in [0.05, 0.1) is 5.56 Å². The van der Waals surface area contributed by atoms with Crippen molar-refractivity contribution < 1.29 is 9.90 Å².